The molecule has 1 saturated heterocycles. The van der Waals surface area contributed by atoms with Gasteiger partial charge in [0, 0.05) is 24.3 Å². The molecule has 1 saturated carbocycles. The standard InChI is InChI=1S/C17H20F3NO3.C2HF3O2/c1-21-8-7-16(6-5-12(22)10-15(16)21)11-3-4-13(23-2)14(9-11)24-17(18,19)20;3-2(4,5)1(6)7/h3-4,9,15H,5-8,10H2,1-2H3;(H,6,7). The van der Waals surface area contributed by atoms with Crippen molar-refractivity contribution in [3.05, 3.63) is 23.8 Å². The number of hydrogen-bond donors (Lipinski definition) is 1. The van der Waals surface area contributed by atoms with Crippen molar-refractivity contribution < 1.29 is 50.5 Å². The first-order chi connectivity index (χ1) is 14.2. The van der Waals surface area contributed by atoms with Crippen LogP contribution >= 0.6 is 0 Å². The highest BCUT2D eigenvalue weighted by Crippen LogP contribution is 2.49. The number of halogens is 6. The third-order valence-corrected chi connectivity index (χ3v) is 5.56. The number of aliphatic carboxylic acids is 1. The lowest BCUT2D eigenvalue weighted by Crippen LogP contribution is -2.46. The van der Waals surface area contributed by atoms with Crippen molar-refractivity contribution in [1.29, 1.82) is 0 Å². The second-order valence-electron chi connectivity index (χ2n) is 7.36. The van der Waals surface area contributed by atoms with Crippen LogP contribution in [0.4, 0.5) is 26.3 Å². The predicted octanol–water partition coefficient (Wildman–Crippen LogP) is 3.92. The van der Waals surface area contributed by atoms with Crippen LogP contribution in [0.1, 0.15) is 31.2 Å². The number of ether oxygens (including phenoxy) is 2. The average Bonchev–Trinajstić information content (AvgIpc) is 2.98. The second-order valence-corrected chi connectivity index (χ2v) is 7.36. The smallest absolute Gasteiger partial charge is 0.493 e. The fraction of sp³-hybridized carbons (Fsp3) is 0.579. The number of hydrogen-bond acceptors (Lipinski definition) is 5. The number of rotatable bonds is 3. The van der Waals surface area contributed by atoms with E-state index in [1.165, 1.54) is 19.2 Å². The molecule has 0 bridgehead atoms. The van der Waals surface area contributed by atoms with Gasteiger partial charge in [-0.2, -0.15) is 13.2 Å². The predicted molar refractivity (Wildman–Crippen MR) is 94.9 cm³/mol. The quantitative estimate of drug-likeness (QED) is 0.694. The Morgan fingerprint density at radius 2 is 1.77 bits per heavy atom. The molecule has 0 spiro atoms. The van der Waals surface area contributed by atoms with Gasteiger partial charge in [0.05, 0.1) is 7.11 Å². The Bertz CT molecular complexity index is 825. The average molecular weight is 457 g/mol. The number of alkyl halides is 6. The molecule has 2 fully saturated rings. The number of carboxylic acid groups (broad SMARTS) is 1. The van der Waals surface area contributed by atoms with E-state index in [2.05, 4.69) is 9.64 Å². The molecular weight excluding hydrogens is 436 g/mol. The molecule has 0 amide bonds. The molecule has 1 heterocycles. The minimum atomic E-state index is -5.08. The molecule has 174 valence electrons. The van der Waals surface area contributed by atoms with Gasteiger partial charge in [-0.05, 0) is 44.1 Å². The van der Waals surface area contributed by atoms with Crippen molar-refractivity contribution in [2.45, 2.75) is 49.7 Å². The van der Waals surface area contributed by atoms with Gasteiger partial charge in [0.1, 0.15) is 5.78 Å². The maximum Gasteiger partial charge on any atom is 0.573 e. The second kappa shape index (κ2) is 8.93. The van der Waals surface area contributed by atoms with E-state index >= 15 is 0 Å². The Morgan fingerprint density at radius 3 is 2.29 bits per heavy atom. The minimum Gasteiger partial charge on any atom is -0.493 e. The lowest BCUT2D eigenvalue weighted by molar-refractivity contribution is -0.275. The summed E-state index contributed by atoms with van der Waals surface area (Å²) in [6.07, 6.45) is -7.49. The van der Waals surface area contributed by atoms with Crippen LogP contribution in [-0.4, -0.2) is 61.0 Å². The van der Waals surface area contributed by atoms with E-state index in [9.17, 15) is 31.1 Å². The first kappa shape index (κ1) is 24.8. The molecule has 1 aromatic rings. The van der Waals surface area contributed by atoms with Gasteiger partial charge in [-0.25, -0.2) is 4.79 Å². The molecule has 0 radical (unpaired) electrons. The lowest BCUT2D eigenvalue weighted by atomic mass is 9.66. The van der Waals surface area contributed by atoms with Gasteiger partial charge in [-0.15, -0.1) is 13.2 Å². The summed E-state index contributed by atoms with van der Waals surface area (Å²) in [6.45, 7) is 0.819. The molecule has 1 N–H and O–H groups in total. The van der Waals surface area contributed by atoms with Gasteiger partial charge in [-0.3, -0.25) is 4.79 Å². The number of carbonyl (C=O) groups is 2. The maximum absolute atomic E-state index is 12.7. The molecule has 0 aromatic heterocycles. The molecule has 3 rings (SSSR count). The van der Waals surface area contributed by atoms with E-state index in [4.69, 9.17) is 14.6 Å². The van der Waals surface area contributed by atoms with Crippen LogP contribution < -0.4 is 9.47 Å². The molecule has 31 heavy (non-hydrogen) atoms. The number of fused-ring (bicyclic) bond motifs is 1. The number of carbonyl (C=O) groups excluding carboxylic acids is 1. The molecular formula is C19H21F6NO5. The molecule has 2 aliphatic rings. The van der Waals surface area contributed by atoms with E-state index in [1.807, 2.05) is 7.05 Å². The summed E-state index contributed by atoms with van der Waals surface area (Å²) >= 11 is 0. The van der Waals surface area contributed by atoms with Gasteiger partial charge in [0.2, 0.25) is 0 Å². The number of ketones is 1. The SMILES string of the molecule is COc1ccc(C23CCC(=O)CC2N(C)CC3)cc1OC(F)(F)F.O=C(O)C(F)(F)F. The number of benzene rings is 1. The van der Waals surface area contributed by atoms with Crippen LogP contribution in [0.2, 0.25) is 0 Å². The highest BCUT2D eigenvalue weighted by atomic mass is 19.4. The van der Waals surface area contributed by atoms with Gasteiger partial charge in [-0.1, -0.05) is 6.07 Å². The van der Waals surface area contributed by atoms with E-state index in [1.54, 1.807) is 6.07 Å². The summed E-state index contributed by atoms with van der Waals surface area (Å²) in [4.78, 5) is 22.9. The normalized spacial score (nSPS) is 24.1. The van der Waals surface area contributed by atoms with Crippen LogP contribution in [-0.2, 0) is 15.0 Å². The van der Waals surface area contributed by atoms with Crippen molar-refractivity contribution in [2.75, 3.05) is 20.7 Å². The highest BCUT2D eigenvalue weighted by Gasteiger charge is 2.50. The lowest BCUT2D eigenvalue weighted by Gasteiger charge is -2.41. The minimum absolute atomic E-state index is 0.0193. The molecule has 6 nitrogen and oxygen atoms in total. The number of nitrogens with zero attached hydrogens (tertiary/aromatic N) is 1. The van der Waals surface area contributed by atoms with Crippen molar-refractivity contribution in [2.24, 2.45) is 0 Å². The third kappa shape index (κ3) is 5.81. The first-order valence-corrected chi connectivity index (χ1v) is 9.16. The van der Waals surface area contributed by atoms with Crippen molar-refractivity contribution in [1.82, 2.24) is 4.90 Å². The fourth-order valence-corrected chi connectivity index (χ4v) is 4.12. The number of likely N-dealkylation sites (N-methyl/N-ethyl adjacent to an activating group) is 1. The summed E-state index contributed by atoms with van der Waals surface area (Å²) in [6, 6.07) is 4.75. The Labute approximate surface area is 173 Å². The Hall–Kier alpha value is -2.50. The first-order valence-electron chi connectivity index (χ1n) is 9.16. The Morgan fingerprint density at radius 1 is 1.16 bits per heavy atom. The van der Waals surface area contributed by atoms with E-state index < -0.39 is 18.5 Å². The van der Waals surface area contributed by atoms with Crippen LogP contribution in [0.15, 0.2) is 18.2 Å². The number of Topliss-reactive ketones (excluding diaryl/α,β-unsaturated/α-hetero) is 1. The van der Waals surface area contributed by atoms with Crippen molar-refractivity contribution in [3.8, 4) is 11.5 Å². The summed E-state index contributed by atoms with van der Waals surface area (Å²) in [5, 5.41) is 7.12. The number of carboxylic acids is 1. The van der Waals surface area contributed by atoms with E-state index in [0.717, 1.165) is 18.5 Å². The summed E-state index contributed by atoms with van der Waals surface area (Å²) < 4.78 is 78.9. The van der Waals surface area contributed by atoms with Gasteiger partial charge >= 0.3 is 18.5 Å². The Kier molecular flexibility index (Phi) is 7.14. The zero-order chi connectivity index (χ0) is 23.6. The van der Waals surface area contributed by atoms with Crippen LogP contribution in [0, 0.1) is 0 Å². The van der Waals surface area contributed by atoms with Crippen molar-refractivity contribution in [3.63, 3.8) is 0 Å². The van der Waals surface area contributed by atoms with E-state index in [0.29, 0.717) is 19.3 Å². The van der Waals surface area contributed by atoms with E-state index in [-0.39, 0.29) is 28.7 Å². The molecule has 2 atom stereocenters. The molecule has 1 aliphatic heterocycles. The number of likely N-dealkylation sites (tertiary alicyclic amines) is 1. The Balaban J connectivity index is 0.000000423. The summed E-state index contributed by atoms with van der Waals surface area (Å²) in [5.74, 6) is -2.83. The fourth-order valence-electron chi connectivity index (χ4n) is 4.12. The molecule has 1 aliphatic carbocycles. The third-order valence-electron chi connectivity index (χ3n) is 5.56. The zero-order valence-electron chi connectivity index (χ0n) is 16.6. The largest absolute Gasteiger partial charge is 0.573 e. The molecule has 2 unspecified atom stereocenters. The maximum atomic E-state index is 12.7. The zero-order valence-corrected chi connectivity index (χ0v) is 16.6. The number of methoxy groups -OCH3 is 1. The van der Waals surface area contributed by atoms with Gasteiger partial charge in [0.25, 0.3) is 0 Å². The van der Waals surface area contributed by atoms with Crippen LogP contribution in [0.25, 0.3) is 0 Å². The summed E-state index contributed by atoms with van der Waals surface area (Å²) in [5.41, 5.74) is 0.475. The summed E-state index contributed by atoms with van der Waals surface area (Å²) in [7, 11) is 3.27. The van der Waals surface area contributed by atoms with Gasteiger partial charge in [0.15, 0.2) is 11.5 Å². The van der Waals surface area contributed by atoms with Crippen LogP contribution in [0.3, 0.4) is 0 Å². The highest BCUT2D eigenvalue weighted by molar-refractivity contribution is 5.81. The van der Waals surface area contributed by atoms with Gasteiger partial charge < -0.3 is 19.5 Å². The monoisotopic (exact) mass is 457 g/mol. The molecule has 1 aromatic carbocycles. The van der Waals surface area contributed by atoms with Crippen molar-refractivity contribution >= 4 is 11.8 Å². The molecule has 12 heteroatoms. The van der Waals surface area contributed by atoms with Crippen LogP contribution in [0.5, 0.6) is 11.5 Å². The topological polar surface area (TPSA) is 76.1 Å².